The van der Waals surface area contributed by atoms with Crippen LogP contribution >= 0.6 is 0 Å². The van der Waals surface area contributed by atoms with E-state index in [0.29, 0.717) is 0 Å². The fourth-order valence-electron chi connectivity index (χ4n) is 4.49. The summed E-state index contributed by atoms with van der Waals surface area (Å²) in [5, 5.41) is 13.6. The van der Waals surface area contributed by atoms with E-state index in [4.69, 9.17) is 37.9 Å². The number of hydrogen-bond acceptors (Lipinski definition) is 17. The van der Waals surface area contributed by atoms with Gasteiger partial charge in [-0.2, -0.15) is 0 Å². The number of nitrogens with zero attached hydrogens (tertiary/aromatic N) is 1. The van der Waals surface area contributed by atoms with Crippen LogP contribution < -0.4 is 10.1 Å². The van der Waals surface area contributed by atoms with E-state index >= 15 is 0 Å². The second-order valence-electron chi connectivity index (χ2n) is 9.93. The first-order chi connectivity index (χ1) is 22.0. The number of nitro benzene ring substituents is 1. The van der Waals surface area contributed by atoms with Gasteiger partial charge in [0.15, 0.2) is 18.8 Å². The van der Waals surface area contributed by atoms with Gasteiger partial charge in [-0.25, -0.2) is 4.79 Å². The molecule has 1 saturated heterocycles. The Balaban J connectivity index is 2.81. The van der Waals surface area contributed by atoms with E-state index in [2.05, 4.69) is 5.32 Å². The van der Waals surface area contributed by atoms with Crippen molar-refractivity contribution >= 4 is 47.4 Å². The van der Waals surface area contributed by atoms with Gasteiger partial charge < -0.3 is 43.2 Å². The fourth-order valence-corrected chi connectivity index (χ4v) is 4.49. The number of ether oxygens (including phenoxy) is 8. The highest BCUT2D eigenvalue weighted by molar-refractivity contribution is 5.81. The molecular weight excluding hydrogens is 636 g/mol. The molecule has 0 spiro atoms. The van der Waals surface area contributed by atoms with E-state index in [1.54, 1.807) is 0 Å². The van der Waals surface area contributed by atoms with E-state index in [1.165, 1.54) is 0 Å². The predicted octanol–water partition coefficient (Wildman–Crippen LogP) is 0.0379. The maximum Gasteiger partial charge on any atom is 0.379 e. The monoisotopic (exact) mass is 670 g/mol. The van der Waals surface area contributed by atoms with Crippen LogP contribution in [0.2, 0.25) is 0 Å². The predicted molar refractivity (Wildman–Crippen MR) is 150 cm³/mol. The third-order valence-corrected chi connectivity index (χ3v) is 6.19. The molecule has 1 N–H and O–H groups in total. The van der Waals surface area contributed by atoms with E-state index in [1.807, 2.05) is 0 Å². The largest absolute Gasteiger partial charge is 0.464 e. The third-order valence-electron chi connectivity index (χ3n) is 6.19. The Morgan fingerprint density at radius 1 is 0.915 bits per heavy atom. The molecule has 0 unspecified atom stereocenters. The minimum Gasteiger partial charge on any atom is -0.464 e. The Morgan fingerprint density at radius 3 is 2.00 bits per heavy atom. The van der Waals surface area contributed by atoms with Crippen molar-refractivity contribution in [2.75, 3.05) is 20.3 Å². The molecule has 0 bridgehead atoms. The van der Waals surface area contributed by atoms with Gasteiger partial charge in [-0.1, -0.05) is 0 Å². The van der Waals surface area contributed by atoms with E-state index in [-0.39, 0.29) is 11.4 Å². The number of nitro groups is 1. The van der Waals surface area contributed by atoms with Crippen LogP contribution in [0.3, 0.4) is 0 Å². The molecule has 0 radical (unpaired) electrons. The van der Waals surface area contributed by atoms with Crippen LogP contribution in [0.1, 0.15) is 41.0 Å². The molecule has 258 valence electrons. The molecule has 1 aliphatic rings. The number of rotatable bonds is 14. The summed E-state index contributed by atoms with van der Waals surface area (Å²) >= 11 is 0. The van der Waals surface area contributed by atoms with Gasteiger partial charge in [0.05, 0.1) is 24.5 Å². The molecule has 19 nitrogen and oxygen atoms in total. The Kier molecular flexibility index (Phi) is 13.6. The van der Waals surface area contributed by atoms with Crippen molar-refractivity contribution in [3.63, 3.8) is 0 Å². The smallest absolute Gasteiger partial charge is 0.379 e. The zero-order chi connectivity index (χ0) is 35.5. The first-order valence-electron chi connectivity index (χ1n) is 13.8. The van der Waals surface area contributed by atoms with Crippen LogP contribution in [-0.2, 0) is 66.7 Å². The molecule has 2 rings (SSSR count). The summed E-state index contributed by atoms with van der Waals surface area (Å²) in [5.74, 6) is -9.50. The summed E-state index contributed by atoms with van der Waals surface area (Å²) in [6, 6.07) is 2.79. The summed E-state index contributed by atoms with van der Waals surface area (Å²) < 4.78 is 42.9. The normalized spacial score (nSPS) is 21.4. The molecule has 1 amide bonds. The van der Waals surface area contributed by atoms with Crippen molar-refractivity contribution in [1.29, 1.82) is 0 Å². The van der Waals surface area contributed by atoms with Crippen LogP contribution in [0.4, 0.5) is 5.69 Å². The summed E-state index contributed by atoms with van der Waals surface area (Å²) in [5.41, 5.74) is -0.329. The maximum atomic E-state index is 13.4. The van der Waals surface area contributed by atoms with Crippen molar-refractivity contribution < 1.29 is 76.4 Å². The summed E-state index contributed by atoms with van der Waals surface area (Å²) in [4.78, 5) is 96.6. The van der Waals surface area contributed by atoms with Gasteiger partial charge in [-0.05, 0) is 12.1 Å². The molecule has 0 aromatic heterocycles. The van der Waals surface area contributed by atoms with Gasteiger partial charge in [0, 0.05) is 46.8 Å². The summed E-state index contributed by atoms with van der Waals surface area (Å²) in [6.45, 7) is 3.48. The number of carbonyl (C=O) groups is 7. The van der Waals surface area contributed by atoms with Crippen LogP contribution in [-0.4, -0.2) is 103 Å². The van der Waals surface area contributed by atoms with Crippen LogP contribution in [0, 0.1) is 10.1 Å². The second-order valence-corrected chi connectivity index (χ2v) is 9.93. The van der Waals surface area contributed by atoms with Crippen molar-refractivity contribution in [1.82, 2.24) is 5.32 Å². The number of esters is 6. The van der Waals surface area contributed by atoms with Gasteiger partial charge in [-0.3, -0.25) is 38.9 Å². The number of non-ortho nitro benzene ring substituents is 1. The minimum atomic E-state index is -2.59. The first-order valence-corrected chi connectivity index (χ1v) is 13.8. The molecule has 0 aliphatic carbocycles. The molecular formula is C28H34N2O17. The average molecular weight is 671 g/mol. The Morgan fingerprint density at radius 2 is 1.51 bits per heavy atom. The number of nitrogens with one attached hydrogen (secondary N) is 1. The molecule has 1 aromatic carbocycles. The van der Waals surface area contributed by atoms with E-state index < -0.39 is 103 Å². The summed E-state index contributed by atoms with van der Waals surface area (Å²) in [7, 11) is 0.960. The lowest BCUT2D eigenvalue weighted by Gasteiger charge is -2.48. The Labute approximate surface area is 267 Å². The highest BCUT2D eigenvalue weighted by Crippen LogP contribution is 2.38. The van der Waals surface area contributed by atoms with Gasteiger partial charge in [-0.15, -0.1) is 0 Å². The van der Waals surface area contributed by atoms with Crippen molar-refractivity contribution in [3.8, 4) is 5.75 Å². The molecule has 47 heavy (non-hydrogen) atoms. The number of carbonyl (C=O) groups excluding carboxylic acids is 7. The van der Waals surface area contributed by atoms with Gasteiger partial charge in [0.1, 0.15) is 24.6 Å². The molecule has 6 atom stereocenters. The number of methoxy groups -OCH3 is 1. The topological polar surface area (TPSA) is 248 Å². The minimum absolute atomic E-state index is 0.181. The summed E-state index contributed by atoms with van der Waals surface area (Å²) in [6.07, 6.45) is -7.63. The molecule has 1 heterocycles. The van der Waals surface area contributed by atoms with Gasteiger partial charge >= 0.3 is 41.6 Å². The number of amides is 1. The lowest BCUT2D eigenvalue weighted by molar-refractivity contribution is -0.384. The molecule has 1 aromatic rings. The zero-order valence-electron chi connectivity index (χ0n) is 26.2. The van der Waals surface area contributed by atoms with Crippen LogP contribution in [0.15, 0.2) is 24.3 Å². The van der Waals surface area contributed by atoms with E-state index in [9.17, 15) is 43.7 Å². The maximum absolute atomic E-state index is 13.4. The first kappa shape index (κ1) is 37.9. The highest BCUT2D eigenvalue weighted by atomic mass is 16.7. The lowest BCUT2D eigenvalue weighted by atomic mass is 9.88. The van der Waals surface area contributed by atoms with Crippen molar-refractivity contribution in [2.45, 2.75) is 77.3 Å². The lowest BCUT2D eigenvalue weighted by Crippen LogP contribution is -2.70. The van der Waals surface area contributed by atoms with Crippen molar-refractivity contribution in [2.24, 2.45) is 0 Å². The highest BCUT2D eigenvalue weighted by Gasteiger charge is 2.60. The molecule has 19 heteroatoms. The van der Waals surface area contributed by atoms with E-state index in [0.717, 1.165) is 66.0 Å². The zero-order valence-corrected chi connectivity index (χ0v) is 26.2. The standard InChI is InChI=1S/C28H34N2O17/c1-14(31)41-12-22(44-17(4)34)25(45-18(5)35)26-24(29-23(36)13-42-15(2)32)21(43-16(3)33)11-28(47-26,27(37)40-6)46-20-9-7-19(8-10-20)30(38)39/h7-10,21-22,24-26H,11-13H2,1-6H3,(H,29,36)/t21-,22+,24+,25+,26+,28+/m0/s1. The number of hydrogen-bond donors (Lipinski definition) is 1. The Bertz CT molecular complexity index is 1360. The average Bonchev–Trinajstić information content (AvgIpc) is 2.97. The van der Waals surface area contributed by atoms with Crippen LogP contribution in [0.5, 0.6) is 5.75 Å². The second kappa shape index (κ2) is 16.8. The quantitative estimate of drug-likeness (QED) is 0.119. The molecule has 1 aliphatic heterocycles. The van der Waals surface area contributed by atoms with Gasteiger partial charge in [0.25, 0.3) is 11.6 Å². The van der Waals surface area contributed by atoms with Gasteiger partial charge in [0.2, 0.25) is 0 Å². The SMILES string of the molecule is COC(=O)[C@@]1(Oc2ccc([N+](=O)[O-])cc2)C[C@H](OC(C)=O)[C@@H](NC(=O)COC(C)=O)[C@H]([C@H](OC(C)=O)[C@@H](COC(C)=O)OC(C)=O)O1. The molecule has 0 saturated carbocycles. The van der Waals surface area contributed by atoms with Crippen molar-refractivity contribution in [3.05, 3.63) is 34.4 Å². The van der Waals surface area contributed by atoms with Crippen LogP contribution in [0.25, 0.3) is 0 Å². The third kappa shape index (κ3) is 11.2. The number of benzene rings is 1. The fraction of sp³-hybridized carbons (Fsp3) is 0.536. The molecule has 1 fully saturated rings. The Hall–Kier alpha value is -5.33.